The van der Waals surface area contributed by atoms with Gasteiger partial charge in [-0.3, -0.25) is 9.69 Å². The largest absolute Gasteiger partial charge is 0.369 e. The highest BCUT2D eigenvalue weighted by atomic mass is 16.5. The molecule has 6 nitrogen and oxygen atoms in total. The van der Waals surface area contributed by atoms with Crippen LogP contribution in [0.15, 0.2) is 39.8 Å². The van der Waals surface area contributed by atoms with Gasteiger partial charge in [0.15, 0.2) is 11.7 Å². The standard InChI is InChI=1S/C18H18N4O2/c1-4-6-12-7-5-8-13(9-12)14-10-15(21-24-14)18(2)11-16(23)22(3)17(19)20-18/h5,7-10H,11H2,1-3H3,(H2,19,20)/t18-/m0/s1. The topological polar surface area (TPSA) is 84.7 Å². The number of hydrogen-bond donors (Lipinski definition) is 1. The van der Waals surface area contributed by atoms with Gasteiger partial charge in [-0.15, -0.1) is 5.92 Å². The highest BCUT2D eigenvalue weighted by Gasteiger charge is 2.38. The van der Waals surface area contributed by atoms with E-state index in [1.807, 2.05) is 31.2 Å². The van der Waals surface area contributed by atoms with Gasteiger partial charge in [0.25, 0.3) is 0 Å². The monoisotopic (exact) mass is 322 g/mol. The average Bonchev–Trinajstić information content (AvgIpc) is 3.04. The lowest BCUT2D eigenvalue weighted by molar-refractivity contribution is -0.128. The highest BCUT2D eigenvalue weighted by molar-refractivity contribution is 5.98. The molecule has 1 aromatic heterocycles. The van der Waals surface area contributed by atoms with Gasteiger partial charge >= 0.3 is 0 Å². The third kappa shape index (κ3) is 2.76. The van der Waals surface area contributed by atoms with E-state index in [1.165, 1.54) is 4.90 Å². The summed E-state index contributed by atoms with van der Waals surface area (Å²) < 4.78 is 5.47. The summed E-state index contributed by atoms with van der Waals surface area (Å²) in [6.07, 6.45) is 0.192. The Bertz CT molecular complexity index is 888. The summed E-state index contributed by atoms with van der Waals surface area (Å²) in [6, 6.07) is 9.49. The molecule has 2 heterocycles. The first-order chi connectivity index (χ1) is 11.4. The van der Waals surface area contributed by atoms with Crippen molar-refractivity contribution in [1.29, 1.82) is 0 Å². The molecule has 6 heteroatoms. The molecule has 2 aromatic rings. The Hall–Kier alpha value is -3.07. The Kier molecular flexibility index (Phi) is 3.86. The number of amides is 1. The van der Waals surface area contributed by atoms with E-state index in [0.29, 0.717) is 11.5 Å². The Morgan fingerprint density at radius 3 is 2.88 bits per heavy atom. The maximum atomic E-state index is 12.1. The summed E-state index contributed by atoms with van der Waals surface area (Å²) in [5.74, 6) is 6.56. The predicted molar refractivity (Wildman–Crippen MR) is 90.9 cm³/mol. The Morgan fingerprint density at radius 1 is 1.38 bits per heavy atom. The molecule has 1 amide bonds. The molecule has 1 aliphatic heterocycles. The Balaban J connectivity index is 1.97. The second kappa shape index (κ2) is 5.85. The molecule has 24 heavy (non-hydrogen) atoms. The number of carbonyl (C=O) groups is 1. The van der Waals surface area contributed by atoms with Crippen LogP contribution in [0.4, 0.5) is 0 Å². The van der Waals surface area contributed by atoms with Crippen LogP contribution < -0.4 is 5.73 Å². The lowest BCUT2D eigenvalue weighted by Gasteiger charge is -2.31. The van der Waals surface area contributed by atoms with E-state index < -0.39 is 5.54 Å². The van der Waals surface area contributed by atoms with Gasteiger partial charge in [-0.2, -0.15) is 0 Å². The molecule has 122 valence electrons. The van der Waals surface area contributed by atoms with E-state index in [0.717, 1.165) is 11.1 Å². The maximum Gasteiger partial charge on any atom is 0.231 e. The lowest BCUT2D eigenvalue weighted by Crippen LogP contribution is -2.47. The quantitative estimate of drug-likeness (QED) is 0.858. The maximum absolute atomic E-state index is 12.1. The first kappa shape index (κ1) is 15.8. The van der Waals surface area contributed by atoms with Gasteiger partial charge in [-0.05, 0) is 26.0 Å². The van der Waals surface area contributed by atoms with E-state index in [4.69, 9.17) is 10.3 Å². The van der Waals surface area contributed by atoms with Crippen molar-refractivity contribution in [2.75, 3.05) is 7.05 Å². The highest BCUT2D eigenvalue weighted by Crippen LogP contribution is 2.34. The zero-order chi connectivity index (χ0) is 17.3. The summed E-state index contributed by atoms with van der Waals surface area (Å²) in [4.78, 5) is 17.8. The number of carbonyl (C=O) groups excluding carboxylic acids is 1. The number of aliphatic imine (C=N–C) groups is 1. The van der Waals surface area contributed by atoms with E-state index in [-0.39, 0.29) is 18.3 Å². The number of guanidine groups is 1. The van der Waals surface area contributed by atoms with Crippen LogP contribution in [-0.2, 0) is 10.3 Å². The number of nitrogens with zero attached hydrogens (tertiary/aromatic N) is 3. The van der Waals surface area contributed by atoms with Gasteiger partial charge in [0.1, 0.15) is 11.2 Å². The Labute approximate surface area is 140 Å². The molecule has 2 N–H and O–H groups in total. The van der Waals surface area contributed by atoms with Crippen molar-refractivity contribution in [2.45, 2.75) is 25.8 Å². The van der Waals surface area contributed by atoms with Crippen molar-refractivity contribution in [1.82, 2.24) is 10.1 Å². The summed E-state index contributed by atoms with van der Waals surface area (Å²) in [7, 11) is 1.61. The molecule has 0 unspecified atom stereocenters. The lowest BCUT2D eigenvalue weighted by atomic mass is 9.92. The molecule has 1 aliphatic rings. The molecule has 0 spiro atoms. The molecule has 0 saturated carbocycles. The second-order valence-electron chi connectivity index (χ2n) is 5.91. The van der Waals surface area contributed by atoms with Gasteiger partial charge < -0.3 is 10.3 Å². The smallest absolute Gasteiger partial charge is 0.231 e. The predicted octanol–water partition coefficient (Wildman–Crippen LogP) is 2.10. The first-order valence-corrected chi connectivity index (χ1v) is 7.55. The van der Waals surface area contributed by atoms with Crippen molar-refractivity contribution in [3.8, 4) is 23.2 Å². The van der Waals surface area contributed by atoms with E-state index >= 15 is 0 Å². The zero-order valence-electron chi connectivity index (χ0n) is 13.8. The van der Waals surface area contributed by atoms with Crippen molar-refractivity contribution in [3.63, 3.8) is 0 Å². The molecule has 1 atom stereocenters. The fourth-order valence-corrected chi connectivity index (χ4v) is 2.62. The number of benzene rings is 1. The van der Waals surface area contributed by atoms with Gasteiger partial charge in [-0.25, -0.2) is 4.99 Å². The molecule has 0 aliphatic carbocycles. The van der Waals surface area contributed by atoms with Crippen LogP contribution in [0.2, 0.25) is 0 Å². The van der Waals surface area contributed by atoms with E-state index in [1.54, 1.807) is 20.0 Å². The van der Waals surface area contributed by atoms with Crippen LogP contribution in [0.25, 0.3) is 11.3 Å². The van der Waals surface area contributed by atoms with E-state index in [2.05, 4.69) is 22.0 Å². The van der Waals surface area contributed by atoms with Gasteiger partial charge in [0.05, 0.1) is 6.42 Å². The molecule has 0 saturated heterocycles. The number of aromatic nitrogens is 1. The second-order valence-corrected chi connectivity index (χ2v) is 5.91. The van der Waals surface area contributed by atoms with Crippen LogP contribution >= 0.6 is 0 Å². The third-order valence-electron chi connectivity index (χ3n) is 4.05. The summed E-state index contributed by atoms with van der Waals surface area (Å²) in [5.41, 5.74) is 7.36. The van der Waals surface area contributed by atoms with Gasteiger partial charge in [0, 0.05) is 24.2 Å². The fourth-order valence-electron chi connectivity index (χ4n) is 2.62. The number of nitrogens with two attached hydrogens (primary N) is 1. The zero-order valence-corrected chi connectivity index (χ0v) is 13.8. The van der Waals surface area contributed by atoms with Gasteiger partial charge in [-0.1, -0.05) is 23.2 Å². The van der Waals surface area contributed by atoms with Crippen LogP contribution in [0.1, 0.15) is 31.5 Å². The average molecular weight is 322 g/mol. The van der Waals surface area contributed by atoms with Crippen molar-refractivity contribution >= 4 is 11.9 Å². The van der Waals surface area contributed by atoms with Crippen LogP contribution in [0, 0.1) is 11.8 Å². The molecule has 0 bridgehead atoms. The van der Waals surface area contributed by atoms with Gasteiger partial charge in [0.2, 0.25) is 5.91 Å². The van der Waals surface area contributed by atoms with Crippen molar-refractivity contribution < 1.29 is 9.32 Å². The molecule has 0 fully saturated rings. The summed E-state index contributed by atoms with van der Waals surface area (Å²) in [5, 5.41) is 4.11. The van der Waals surface area contributed by atoms with E-state index in [9.17, 15) is 4.79 Å². The summed E-state index contributed by atoms with van der Waals surface area (Å²) >= 11 is 0. The number of rotatable bonds is 2. The first-order valence-electron chi connectivity index (χ1n) is 7.55. The molecule has 3 rings (SSSR count). The van der Waals surface area contributed by atoms with Crippen molar-refractivity contribution in [2.24, 2.45) is 10.7 Å². The Morgan fingerprint density at radius 2 is 2.17 bits per heavy atom. The molecule has 1 aromatic carbocycles. The fraction of sp³-hybridized carbons (Fsp3) is 0.278. The SMILES string of the molecule is CC#Cc1cccc(-c2cc([C@]3(C)CC(=O)N(C)C(N)=N3)no2)c1. The van der Waals surface area contributed by atoms with Crippen molar-refractivity contribution in [3.05, 3.63) is 41.6 Å². The molecular weight excluding hydrogens is 304 g/mol. The molecule has 0 radical (unpaired) electrons. The van der Waals surface area contributed by atoms with Crippen LogP contribution in [-0.4, -0.2) is 29.0 Å². The van der Waals surface area contributed by atoms with Crippen LogP contribution in [0.5, 0.6) is 0 Å². The summed E-state index contributed by atoms with van der Waals surface area (Å²) in [6.45, 7) is 3.62. The minimum absolute atomic E-state index is 0.102. The normalized spacial score (nSPS) is 20.4. The third-order valence-corrected chi connectivity index (χ3v) is 4.05. The number of hydrogen-bond acceptors (Lipinski definition) is 5. The minimum atomic E-state index is -0.823. The molecular formula is C18H18N4O2. The van der Waals surface area contributed by atoms with Crippen LogP contribution in [0.3, 0.4) is 0 Å². The minimum Gasteiger partial charge on any atom is -0.369 e.